The number of carbonyl (C=O) groups excluding carboxylic acids is 2. The van der Waals surface area contributed by atoms with E-state index in [2.05, 4.69) is 5.32 Å². The minimum absolute atomic E-state index is 0.183. The van der Waals surface area contributed by atoms with Crippen LogP contribution >= 0.6 is 0 Å². The topological polar surface area (TPSA) is 114 Å². The third-order valence-electron chi connectivity index (χ3n) is 4.52. The fourth-order valence-electron chi connectivity index (χ4n) is 2.93. The number of phenolic OH excluding ortho intramolecular Hbond substituents is 2. The van der Waals surface area contributed by atoms with Gasteiger partial charge in [-0.15, -0.1) is 0 Å². The molecule has 3 aromatic carbocycles. The van der Waals surface area contributed by atoms with Crippen molar-refractivity contribution in [2.45, 2.75) is 13.0 Å². The summed E-state index contributed by atoms with van der Waals surface area (Å²) in [6.45, 7) is 1.39. The summed E-state index contributed by atoms with van der Waals surface area (Å²) in [5, 5.41) is 23.8. The molecule has 0 unspecified atom stereocenters. The number of rotatable bonds is 6. The Morgan fingerprint density at radius 3 is 2.27 bits per heavy atom. The lowest BCUT2D eigenvalue weighted by Gasteiger charge is -2.16. The van der Waals surface area contributed by atoms with Gasteiger partial charge in [0.1, 0.15) is 17.1 Å². The van der Waals surface area contributed by atoms with Crippen LogP contribution in [0.3, 0.4) is 0 Å². The molecule has 3 N–H and O–H groups in total. The fourth-order valence-corrected chi connectivity index (χ4v) is 2.93. The second-order valence-corrected chi connectivity index (χ2v) is 6.44. The number of carbonyl (C=O) groups is 2. The van der Waals surface area contributed by atoms with Crippen LogP contribution < -0.4 is 14.8 Å². The molecule has 156 valence electrons. The first-order chi connectivity index (χ1) is 14.3. The zero-order valence-electron chi connectivity index (χ0n) is 16.6. The number of ether oxygens (including phenoxy) is 3. The molecule has 0 heterocycles. The SMILES string of the molecule is COc1ccc(NC(=O)[C@@H](C)OC(=O)c2cc(O)c3ccccc3c2O)cc1OC. The third kappa shape index (κ3) is 4.07. The van der Waals surface area contributed by atoms with Crippen LogP contribution in [-0.2, 0) is 9.53 Å². The molecule has 0 radical (unpaired) electrons. The van der Waals surface area contributed by atoms with Crippen LogP contribution in [0.4, 0.5) is 5.69 Å². The maximum Gasteiger partial charge on any atom is 0.342 e. The van der Waals surface area contributed by atoms with Gasteiger partial charge in [0, 0.05) is 22.5 Å². The third-order valence-corrected chi connectivity index (χ3v) is 4.52. The van der Waals surface area contributed by atoms with Gasteiger partial charge in [0.05, 0.1) is 14.2 Å². The van der Waals surface area contributed by atoms with E-state index in [1.54, 1.807) is 42.5 Å². The Balaban J connectivity index is 1.75. The van der Waals surface area contributed by atoms with Crippen LogP contribution in [0.2, 0.25) is 0 Å². The standard InChI is InChI=1S/C22H21NO7/c1-12(21(26)23-13-8-9-18(28-2)19(10-13)29-3)30-22(27)16-11-17(24)14-6-4-5-7-15(14)20(16)25/h4-12,24-25H,1-3H3,(H,23,26)/t12-/m1/s1. The summed E-state index contributed by atoms with van der Waals surface area (Å²) in [5.41, 5.74) is 0.184. The molecule has 0 aliphatic heterocycles. The quantitative estimate of drug-likeness (QED) is 0.420. The molecule has 0 saturated carbocycles. The van der Waals surface area contributed by atoms with Gasteiger partial charge >= 0.3 is 5.97 Å². The molecule has 8 heteroatoms. The molecule has 0 spiro atoms. The second kappa shape index (κ2) is 8.60. The number of amides is 1. The fraction of sp³-hybridized carbons (Fsp3) is 0.182. The summed E-state index contributed by atoms with van der Waals surface area (Å²) in [6.07, 6.45) is -1.17. The molecule has 0 aliphatic rings. The molecule has 0 aromatic heterocycles. The number of nitrogens with one attached hydrogen (secondary N) is 1. The molecule has 3 rings (SSSR count). The molecular formula is C22H21NO7. The maximum atomic E-state index is 12.5. The monoisotopic (exact) mass is 411 g/mol. The highest BCUT2D eigenvalue weighted by atomic mass is 16.5. The van der Waals surface area contributed by atoms with E-state index in [-0.39, 0.29) is 17.1 Å². The zero-order valence-corrected chi connectivity index (χ0v) is 16.6. The summed E-state index contributed by atoms with van der Waals surface area (Å²) < 4.78 is 15.5. The first-order valence-corrected chi connectivity index (χ1v) is 9.03. The maximum absolute atomic E-state index is 12.5. The number of anilines is 1. The molecule has 0 bridgehead atoms. The Morgan fingerprint density at radius 2 is 1.60 bits per heavy atom. The largest absolute Gasteiger partial charge is 0.507 e. The van der Waals surface area contributed by atoms with Crippen molar-refractivity contribution in [1.29, 1.82) is 0 Å². The van der Waals surface area contributed by atoms with Crippen molar-refractivity contribution in [3.8, 4) is 23.0 Å². The normalized spacial score (nSPS) is 11.6. The Morgan fingerprint density at radius 1 is 0.933 bits per heavy atom. The highest BCUT2D eigenvalue weighted by Gasteiger charge is 2.23. The van der Waals surface area contributed by atoms with E-state index in [1.165, 1.54) is 21.1 Å². The Hall–Kier alpha value is -3.94. The van der Waals surface area contributed by atoms with Gasteiger partial charge in [-0.2, -0.15) is 0 Å². The predicted molar refractivity (Wildman–Crippen MR) is 110 cm³/mol. The second-order valence-electron chi connectivity index (χ2n) is 6.44. The molecule has 0 fully saturated rings. The number of esters is 1. The Kier molecular flexibility index (Phi) is 5.96. The Bertz CT molecular complexity index is 1110. The smallest absolute Gasteiger partial charge is 0.342 e. The number of phenols is 2. The van der Waals surface area contributed by atoms with Crippen molar-refractivity contribution < 1.29 is 34.0 Å². The van der Waals surface area contributed by atoms with Crippen molar-refractivity contribution in [3.63, 3.8) is 0 Å². The number of hydrogen-bond acceptors (Lipinski definition) is 7. The van der Waals surface area contributed by atoms with Gasteiger partial charge in [0.25, 0.3) is 5.91 Å². The van der Waals surface area contributed by atoms with Gasteiger partial charge in [-0.05, 0) is 25.1 Å². The van der Waals surface area contributed by atoms with E-state index in [0.717, 1.165) is 6.07 Å². The van der Waals surface area contributed by atoms with Crippen molar-refractivity contribution in [3.05, 3.63) is 54.1 Å². The summed E-state index contributed by atoms with van der Waals surface area (Å²) in [7, 11) is 2.97. The number of methoxy groups -OCH3 is 2. The van der Waals surface area contributed by atoms with Gasteiger partial charge in [-0.1, -0.05) is 24.3 Å². The lowest BCUT2D eigenvalue weighted by molar-refractivity contribution is -0.123. The van der Waals surface area contributed by atoms with Gasteiger partial charge in [0.2, 0.25) is 0 Å². The molecule has 3 aromatic rings. The van der Waals surface area contributed by atoms with Crippen LogP contribution in [0.25, 0.3) is 10.8 Å². The summed E-state index contributed by atoms with van der Waals surface area (Å²) in [6, 6.07) is 12.4. The summed E-state index contributed by atoms with van der Waals surface area (Å²) >= 11 is 0. The van der Waals surface area contributed by atoms with Crippen LogP contribution in [0.1, 0.15) is 17.3 Å². The van der Waals surface area contributed by atoms with Crippen molar-refractivity contribution in [1.82, 2.24) is 0 Å². The molecule has 30 heavy (non-hydrogen) atoms. The van der Waals surface area contributed by atoms with Crippen molar-refractivity contribution in [2.24, 2.45) is 0 Å². The number of fused-ring (bicyclic) bond motifs is 1. The molecule has 0 aliphatic carbocycles. The molecule has 0 saturated heterocycles. The summed E-state index contributed by atoms with van der Waals surface area (Å²) in [5.74, 6) is -1.11. The van der Waals surface area contributed by atoms with E-state index >= 15 is 0 Å². The first kappa shape index (κ1) is 20.8. The lowest BCUT2D eigenvalue weighted by atomic mass is 10.0. The van der Waals surface area contributed by atoms with Gasteiger partial charge in [-0.3, -0.25) is 4.79 Å². The average Bonchev–Trinajstić information content (AvgIpc) is 2.75. The van der Waals surface area contributed by atoms with Crippen LogP contribution in [0, 0.1) is 0 Å². The molecule has 8 nitrogen and oxygen atoms in total. The van der Waals surface area contributed by atoms with E-state index in [1.807, 2.05) is 0 Å². The van der Waals surface area contributed by atoms with E-state index in [9.17, 15) is 19.8 Å². The summed E-state index contributed by atoms with van der Waals surface area (Å²) in [4.78, 5) is 24.9. The average molecular weight is 411 g/mol. The van der Waals surface area contributed by atoms with Gasteiger partial charge in [-0.25, -0.2) is 4.79 Å². The Labute approximate surface area is 172 Å². The van der Waals surface area contributed by atoms with Crippen LogP contribution in [-0.4, -0.2) is 42.4 Å². The highest BCUT2D eigenvalue weighted by Crippen LogP contribution is 2.35. The van der Waals surface area contributed by atoms with E-state index in [4.69, 9.17) is 14.2 Å². The number of benzene rings is 3. The van der Waals surface area contributed by atoms with Gasteiger partial charge in [0.15, 0.2) is 17.6 Å². The van der Waals surface area contributed by atoms with Crippen LogP contribution in [0.15, 0.2) is 48.5 Å². The van der Waals surface area contributed by atoms with Crippen LogP contribution in [0.5, 0.6) is 23.0 Å². The van der Waals surface area contributed by atoms with Crippen molar-refractivity contribution in [2.75, 3.05) is 19.5 Å². The minimum atomic E-state index is -1.17. The van der Waals surface area contributed by atoms with E-state index < -0.39 is 18.0 Å². The lowest BCUT2D eigenvalue weighted by Crippen LogP contribution is -2.30. The highest BCUT2D eigenvalue weighted by molar-refractivity contribution is 6.04. The molecule has 1 amide bonds. The predicted octanol–water partition coefficient (Wildman–Crippen LogP) is 3.45. The minimum Gasteiger partial charge on any atom is -0.507 e. The number of aromatic hydroxyl groups is 2. The number of hydrogen-bond donors (Lipinski definition) is 3. The van der Waals surface area contributed by atoms with E-state index in [0.29, 0.717) is 28.0 Å². The molecular weight excluding hydrogens is 390 g/mol. The van der Waals surface area contributed by atoms with Crippen molar-refractivity contribution >= 4 is 28.3 Å². The van der Waals surface area contributed by atoms with Gasteiger partial charge < -0.3 is 29.7 Å². The first-order valence-electron chi connectivity index (χ1n) is 9.03. The zero-order chi connectivity index (χ0) is 21.8. The molecule has 1 atom stereocenters.